The van der Waals surface area contributed by atoms with Crippen molar-refractivity contribution in [3.63, 3.8) is 0 Å². The lowest BCUT2D eigenvalue weighted by Crippen LogP contribution is -2.34. The Balaban J connectivity index is 1.30. The Bertz CT molecular complexity index is 1270. The first kappa shape index (κ1) is 21.2. The number of nitrogens with two attached hydrogens (primary N) is 1. The molecule has 3 N–H and O–H groups in total. The van der Waals surface area contributed by atoms with Crippen LogP contribution in [-0.2, 0) is 16.6 Å². The van der Waals surface area contributed by atoms with E-state index in [2.05, 4.69) is 22.4 Å². The zero-order valence-electron chi connectivity index (χ0n) is 19.3. The molecular weight excluding hydrogens is 434 g/mol. The van der Waals surface area contributed by atoms with Crippen LogP contribution < -0.4 is 11.1 Å². The molecule has 1 aliphatic carbocycles. The van der Waals surface area contributed by atoms with Gasteiger partial charge in [-0.3, -0.25) is 14.3 Å². The lowest BCUT2D eigenvalue weighted by Gasteiger charge is -2.21. The Hall–Kier alpha value is -3.40. The molecular formula is C24H29N7O3. The maximum absolute atomic E-state index is 13.2. The minimum atomic E-state index is -0.536. The van der Waals surface area contributed by atoms with Gasteiger partial charge in [-0.15, -0.1) is 0 Å². The number of nitrogens with one attached hydrogen (secondary N) is 1. The Morgan fingerprint density at radius 1 is 1.15 bits per heavy atom. The Morgan fingerprint density at radius 3 is 2.62 bits per heavy atom. The topological polar surface area (TPSA) is 120 Å². The van der Waals surface area contributed by atoms with E-state index in [1.54, 1.807) is 15.4 Å². The standard InChI is InChI=1S/C24H29N7O3/c1-3-13-8-30(24(33)21-17-11-34-12-18(17)21)10-19(13)28-22-16(23(25)32)6-27-31-9-14(4-20(22)31)15-5-26-29(2)7-15/h4-7,9,13,17-19,21,28H,3,8,10-12H2,1-2H3,(H2,25,32)/t13-,17?,18?,19+,21?/m0/s1. The molecule has 178 valence electrons. The molecule has 0 radical (unpaired) electrons. The van der Waals surface area contributed by atoms with Crippen molar-refractivity contribution in [3.8, 4) is 11.1 Å². The van der Waals surface area contributed by atoms with Gasteiger partial charge in [0.05, 0.1) is 42.4 Å². The molecule has 34 heavy (non-hydrogen) atoms. The number of nitrogens with zero attached hydrogens (tertiary/aromatic N) is 5. The van der Waals surface area contributed by atoms with Crippen molar-refractivity contribution in [2.45, 2.75) is 19.4 Å². The fourth-order valence-electron chi connectivity index (χ4n) is 5.75. The van der Waals surface area contributed by atoms with Crippen LogP contribution in [0.3, 0.4) is 0 Å². The van der Waals surface area contributed by atoms with Gasteiger partial charge in [0.25, 0.3) is 5.91 Å². The predicted octanol–water partition coefficient (Wildman–Crippen LogP) is 1.38. The summed E-state index contributed by atoms with van der Waals surface area (Å²) in [7, 11) is 1.87. The summed E-state index contributed by atoms with van der Waals surface area (Å²) in [5.74, 6) is 0.899. The molecule has 3 aromatic rings. The fraction of sp³-hybridized carbons (Fsp3) is 0.500. The Kier molecular flexibility index (Phi) is 4.87. The molecule has 2 unspecified atom stereocenters. The van der Waals surface area contributed by atoms with E-state index >= 15 is 0 Å². The number of amides is 2. The van der Waals surface area contributed by atoms with Gasteiger partial charge in [-0.2, -0.15) is 10.2 Å². The number of hydrogen-bond acceptors (Lipinski definition) is 6. The van der Waals surface area contributed by atoms with Crippen molar-refractivity contribution in [2.24, 2.45) is 36.5 Å². The van der Waals surface area contributed by atoms with Crippen molar-refractivity contribution in [3.05, 3.63) is 36.4 Å². The summed E-state index contributed by atoms with van der Waals surface area (Å²) in [6.07, 6.45) is 8.08. The van der Waals surface area contributed by atoms with Gasteiger partial charge in [0.15, 0.2) is 0 Å². The molecule has 0 bridgehead atoms. The summed E-state index contributed by atoms with van der Waals surface area (Å²) in [5.41, 5.74) is 9.41. The van der Waals surface area contributed by atoms with Gasteiger partial charge in [0, 0.05) is 55.6 Å². The van der Waals surface area contributed by atoms with Crippen molar-refractivity contribution in [1.82, 2.24) is 24.3 Å². The maximum atomic E-state index is 13.2. The predicted molar refractivity (Wildman–Crippen MR) is 125 cm³/mol. The second kappa shape index (κ2) is 7.83. The summed E-state index contributed by atoms with van der Waals surface area (Å²) in [6, 6.07) is 2.01. The fourth-order valence-corrected chi connectivity index (χ4v) is 5.75. The van der Waals surface area contributed by atoms with Crippen LogP contribution >= 0.6 is 0 Å². The average molecular weight is 464 g/mol. The van der Waals surface area contributed by atoms with Gasteiger partial charge < -0.3 is 20.7 Å². The number of primary amides is 1. The summed E-state index contributed by atoms with van der Waals surface area (Å²) >= 11 is 0. The maximum Gasteiger partial charge on any atom is 0.252 e. The number of carbonyl (C=O) groups excluding carboxylic acids is 2. The zero-order chi connectivity index (χ0) is 23.6. The Morgan fingerprint density at radius 2 is 1.94 bits per heavy atom. The quantitative estimate of drug-likeness (QED) is 0.570. The summed E-state index contributed by atoms with van der Waals surface area (Å²) < 4.78 is 8.96. The lowest BCUT2D eigenvalue weighted by molar-refractivity contribution is -0.133. The van der Waals surface area contributed by atoms with Gasteiger partial charge in [-0.05, 0) is 30.2 Å². The molecule has 10 nitrogen and oxygen atoms in total. The summed E-state index contributed by atoms with van der Waals surface area (Å²) in [4.78, 5) is 27.5. The van der Waals surface area contributed by atoms with E-state index in [1.807, 2.05) is 30.4 Å². The van der Waals surface area contributed by atoms with Gasteiger partial charge in [-0.25, -0.2) is 4.52 Å². The number of aromatic nitrogens is 4. The smallest absolute Gasteiger partial charge is 0.252 e. The van der Waals surface area contributed by atoms with Gasteiger partial charge in [-0.1, -0.05) is 6.92 Å². The highest BCUT2D eigenvalue weighted by Crippen LogP contribution is 2.52. The van der Waals surface area contributed by atoms with Gasteiger partial charge in [0.1, 0.15) is 0 Å². The molecule has 3 fully saturated rings. The molecule has 2 amide bonds. The molecule has 0 aromatic carbocycles. The van der Waals surface area contributed by atoms with Crippen LogP contribution in [0, 0.1) is 23.7 Å². The van der Waals surface area contributed by atoms with E-state index in [1.165, 1.54) is 6.20 Å². The summed E-state index contributed by atoms with van der Waals surface area (Å²) in [6.45, 7) is 4.88. The minimum Gasteiger partial charge on any atom is -0.381 e. The molecule has 0 spiro atoms. The number of rotatable bonds is 6. The van der Waals surface area contributed by atoms with Crippen LogP contribution in [0.15, 0.2) is 30.9 Å². The van der Waals surface area contributed by atoms with Gasteiger partial charge in [0.2, 0.25) is 5.91 Å². The number of likely N-dealkylation sites (tertiary alicyclic amines) is 1. The highest BCUT2D eigenvalue weighted by Gasteiger charge is 2.59. The zero-order valence-corrected chi connectivity index (χ0v) is 19.3. The first-order valence-corrected chi connectivity index (χ1v) is 11.9. The third kappa shape index (κ3) is 3.35. The van der Waals surface area contributed by atoms with Crippen LogP contribution in [0.5, 0.6) is 0 Å². The van der Waals surface area contributed by atoms with E-state index in [0.29, 0.717) is 42.8 Å². The van der Waals surface area contributed by atoms with Crippen molar-refractivity contribution in [2.75, 3.05) is 31.6 Å². The van der Waals surface area contributed by atoms with E-state index < -0.39 is 5.91 Å². The number of aryl methyl sites for hydroxylation is 1. The van der Waals surface area contributed by atoms with Crippen molar-refractivity contribution in [1.29, 1.82) is 0 Å². The van der Waals surface area contributed by atoms with E-state index in [-0.39, 0.29) is 23.8 Å². The normalized spacial score (nSPS) is 27.8. The molecule has 5 heterocycles. The van der Waals surface area contributed by atoms with Crippen molar-refractivity contribution >= 4 is 23.0 Å². The van der Waals surface area contributed by atoms with Gasteiger partial charge >= 0.3 is 0 Å². The largest absolute Gasteiger partial charge is 0.381 e. The summed E-state index contributed by atoms with van der Waals surface area (Å²) in [5, 5.41) is 12.3. The number of fused-ring (bicyclic) bond motifs is 2. The molecule has 6 rings (SSSR count). The number of carbonyl (C=O) groups is 2. The first-order chi connectivity index (χ1) is 16.4. The molecule has 10 heteroatoms. The molecule has 2 saturated heterocycles. The SMILES string of the molecule is CC[C@H]1CN(C(=O)C2C3COCC32)C[C@H]1Nc1c(C(N)=O)cnn2cc(-c3cnn(C)c3)cc12. The number of anilines is 1. The van der Waals surface area contributed by atoms with Crippen LogP contribution in [-0.4, -0.2) is 68.5 Å². The molecule has 2 aliphatic heterocycles. The van der Waals surface area contributed by atoms with Crippen LogP contribution in [0.2, 0.25) is 0 Å². The number of ether oxygens (including phenoxy) is 1. The molecule has 3 aromatic heterocycles. The van der Waals surface area contributed by atoms with Crippen LogP contribution in [0.25, 0.3) is 16.6 Å². The highest BCUT2D eigenvalue weighted by atomic mass is 16.5. The number of hydrogen-bond donors (Lipinski definition) is 2. The third-order valence-corrected chi connectivity index (χ3v) is 7.78. The third-order valence-electron chi connectivity index (χ3n) is 7.78. The van der Waals surface area contributed by atoms with E-state index in [0.717, 1.165) is 29.6 Å². The first-order valence-electron chi connectivity index (χ1n) is 11.9. The monoisotopic (exact) mass is 463 g/mol. The highest BCUT2D eigenvalue weighted by molar-refractivity contribution is 6.02. The Labute approximate surface area is 197 Å². The van der Waals surface area contributed by atoms with E-state index in [9.17, 15) is 9.59 Å². The second-order valence-corrected chi connectivity index (χ2v) is 9.81. The minimum absolute atomic E-state index is 0.0184. The molecule has 1 saturated carbocycles. The van der Waals surface area contributed by atoms with Crippen LogP contribution in [0.1, 0.15) is 23.7 Å². The average Bonchev–Trinajstić information content (AvgIpc) is 3.38. The van der Waals surface area contributed by atoms with Crippen LogP contribution in [0.4, 0.5) is 5.69 Å². The molecule has 3 aliphatic rings. The van der Waals surface area contributed by atoms with Crippen molar-refractivity contribution < 1.29 is 14.3 Å². The molecule has 4 atom stereocenters. The van der Waals surface area contributed by atoms with E-state index in [4.69, 9.17) is 10.5 Å². The lowest BCUT2D eigenvalue weighted by atomic mass is 10.00. The second-order valence-electron chi connectivity index (χ2n) is 9.81.